The van der Waals surface area contributed by atoms with Crippen LogP contribution in [-0.2, 0) is 4.74 Å². The van der Waals surface area contributed by atoms with Gasteiger partial charge in [-0.3, -0.25) is 0 Å². The van der Waals surface area contributed by atoms with Crippen molar-refractivity contribution in [2.45, 2.75) is 31.7 Å². The molecule has 0 aliphatic carbocycles. The lowest BCUT2D eigenvalue weighted by atomic mass is 10.1. The summed E-state index contributed by atoms with van der Waals surface area (Å²) in [6, 6.07) is 14.0. The highest BCUT2D eigenvalue weighted by Crippen LogP contribution is 2.28. The van der Waals surface area contributed by atoms with Crippen molar-refractivity contribution < 1.29 is 23.8 Å². The first-order valence-electron chi connectivity index (χ1n) is 8.64. The van der Waals surface area contributed by atoms with Gasteiger partial charge in [0.1, 0.15) is 12.8 Å². The summed E-state index contributed by atoms with van der Waals surface area (Å²) in [5, 5.41) is 8.59. The molecule has 2 aromatic rings. The molecule has 144 valence electrons. The third kappa shape index (κ3) is 7.06. The third-order valence-electron chi connectivity index (χ3n) is 4.02. The van der Waals surface area contributed by atoms with E-state index >= 15 is 0 Å². The van der Waals surface area contributed by atoms with Crippen molar-refractivity contribution in [3.8, 4) is 0 Å². The van der Waals surface area contributed by atoms with Crippen molar-refractivity contribution >= 4 is 23.7 Å². The molecular formula is C21H23FO4S. The number of ether oxygens (including phenoxy) is 1. The van der Waals surface area contributed by atoms with E-state index in [1.165, 1.54) is 11.8 Å². The Kier molecular flexibility index (Phi) is 7.85. The smallest absolute Gasteiger partial charge is 0.338 e. The van der Waals surface area contributed by atoms with Crippen LogP contribution in [0.1, 0.15) is 38.3 Å². The maximum Gasteiger partial charge on any atom is 0.338 e. The van der Waals surface area contributed by atoms with Crippen LogP contribution in [0.2, 0.25) is 0 Å². The number of hydrogen-bond donors (Lipinski definition) is 1. The van der Waals surface area contributed by atoms with Crippen LogP contribution in [0.3, 0.4) is 0 Å². The van der Waals surface area contributed by atoms with Gasteiger partial charge in [-0.15, -0.1) is 0 Å². The first-order valence-corrected chi connectivity index (χ1v) is 9.69. The van der Waals surface area contributed by atoms with Gasteiger partial charge in [0.2, 0.25) is 0 Å². The summed E-state index contributed by atoms with van der Waals surface area (Å²) >= 11 is 1.54. The van der Waals surface area contributed by atoms with Crippen LogP contribution >= 0.6 is 11.8 Å². The highest BCUT2D eigenvalue weighted by Gasteiger charge is 2.26. The van der Waals surface area contributed by atoms with E-state index in [9.17, 15) is 14.0 Å². The van der Waals surface area contributed by atoms with Gasteiger partial charge >= 0.3 is 11.9 Å². The van der Waals surface area contributed by atoms with Crippen molar-refractivity contribution in [1.82, 2.24) is 0 Å². The molecule has 1 N–H and O–H groups in total. The molecule has 1 heterocycles. The lowest BCUT2D eigenvalue weighted by Crippen LogP contribution is -2.15. The van der Waals surface area contributed by atoms with Crippen molar-refractivity contribution in [3.05, 3.63) is 70.8 Å². The number of aromatic carboxylic acids is 1. The lowest BCUT2D eigenvalue weighted by Gasteiger charge is -2.09. The third-order valence-corrected chi connectivity index (χ3v) is 5.37. The minimum absolute atomic E-state index is 0.111. The maximum absolute atomic E-state index is 12.9. The Morgan fingerprint density at radius 3 is 2.00 bits per heavy atom. The number of alkyl halides is 1. The normalized spacial score (nSPS) is 18.3. The molecule has 1 aliphatic rings. The van der Waals surface area contributed by atoms with E-state index in [0.717, 1.165) is 11.1 Å². The van der Waals surface area contributed by atoms with E-state index in [1.807, 2.05) is 26.0 Å². The number of carboxylic acids is 1. The molecule has 2 atom stereocenters. The quantitative estimate of drug-likeness (QED) is 0.768. The van der Waals surface area contributed by atoms with Gasteiger partial charge in [0.05, 0.1) is 11.1 Å². The Bertz CT molecular complexity index is 759. The molecule has 4 nitrogen and oxygen atoms in total. The maximum atomic E-state index is 12.9. The largest absolute Gasteiger partial charge is 0.478 e. The van der Waals surface area contributed by atoms with Gasteiger partial charge in [-0.1, -0.05) is 35.4 Å². The van der Waals surface area contributed by atoms with E-state index in [-0.39, 0.29) is 11.2 Å². The van der Waals surface area contributed by atoms with Gasteiger partial charge in [-0.25, -0.2) is 14.0 Å². The van der Waals surface area contributed by atoms with Gasteiger partial charge in [0.15, 0.2) is 0 Å². The summed E-state index contributed by atoms with van der Waals surface area (Å²) in [5.41, 5.74) is 3.07. The van der Waals surface area contributed by atoms with E-state index < -0.39 is 12.1 Å². The van der Waals surface area contributed by atoms with Gasteiger partial charge in [0, 0.05) is 11.0 Å². The highest BCUT2D eigenvalue weighted by atomic mass is 32.2. The van der Waals surface area contributed by atoms with Crippen LogP contribution in [0, 0.1) is 13.8 Å². The van der Waals surface area contributed by atoms with Gasteiger partial charge < -0.3 is 9.84 Å². The molecule has 0 amide bonds. The van der Waals surface area contributed by atoms with Crippen molar-refractivity contribution in [2.75, 3.05) is 12.4 Å². The van der Waals surface area contributed by atoms with Crippen LogP contribution in [0.15, 0.2) is 48.5 Å². The SMILES string of the molecule is Cc1ccc(C(=O)O)cc1.Cc1ccc(C(=O)OCC2CC(F)CS2)cc1. The highest BCUT2D eigenvalue weighted by molar-refractivity contribution is 8.00. The van der Waals surface area contributed by atoms with Crippen LogP contribution in [0.4, 0.5) is 4.39 Å². The first-order chi connectivity index (χ1) is 12.8. The van der Waals surface area contributed by atoms with E-state index in [1.54, 1.807) is 36.4 Å². The molecule has 1 aliphatic heterocycles. The predicted molar refractivity (Wildman–Crippen MR) is 105 cm³/mol. The second-order valence-corrected chi connectivity index (χ2v) is 7.76. The van der Waals surface area contributed by atoms with Crippen molar-refractivity contribution in [2.24, 2.45) is 0 Å². The molecule has 1 saturated heterocycles. The molecule has 0 bridgehead atoms. The Morgan fingerprint density at radius 2 is 1.56 bits per heavy atom. The Morgan fingerprint density at radius 1 is 1.04 bits per heavy atom. The second-order valence-electron chi connectivity index (χ2n) is 6.42. The van der Waals surface area contributed by atoms with Crippen molar-refractivity contribution in [3.63, 3.8) is 0 Å². The van der Waals surface area contributed by atoms with Crippen LogP contribution < -0.4 is 0 Å². The van der Waals surface area contributed by atoms with E-state index in [0.29, 0.717) is 29.9 Å². The topological polar surface area (TPSA) is 63.6 Å². The molecule has 0 radical (unpaired) electrons. The summed E-state index contributed by atoms with van der Waals surface area (Å²) in [4.78, 5) is 22.0. The fraction of sp³-hybridized carbons (Fsp3) is 0.333. The van der Waals surface area contributed by atoms with E-state index in [4.69, 9.17) is 9.84 Å². The minimum Gasteiger partial charge on any atom is -0.478 e. The molecule has 2 unspecified atom stereocenters. The predicted octanol–water partition coefficient (Wildman–Crippen LogP) is 4.69. The Hall–Kier alpha value is -2.34. The number of carbonyl (C=O) groups excluding carboxylic acids is 1. The van der Waals surface area contributed by atoms with Crippen LogP contribution in [-0.4, -0.2) is 40.8 Å². The summed E-state index contributed by atoms with van der Waals surface area (Å²) in [7, 11) is 0. The summed E-state index contributed by atoms with van der Waals surface area (Å²) in [5.74, 6) is -0.680. The molecule has 3 rings (SSSR count). The van der Waals surface area contributed by atoms with Crippen molar-refractivity contribution in [1.29, 1.82) is 0 Å². The molecule has 0 saturated carbocycles. The summed E-state index contributed by atoms with van der Waals surface area (Å²) < 4.78 is 18.1. The number of carboxylic acid groups (broad SMARTS) is 1. The second kappa shape index (κ2) is 10.1. The number of rotatable bonds is 4. The number of halogens is 1. The number of aryl methyl sites for hydroxylation is 2. The van der Waals surface area contributed by atoms with Crippen LogP contribution in [0.25, 0.3) is 0 Å². The Balaban J connectivity index is 0.000000223. The minimum atomic E-state index is -0.875. The first kappa shape index (κ1) is 21.0. The van der Waals surface area contributed by atoms with Gasteiger partial charge in [-0.2, -0.15) is 11.8 Å². The number of thioether (sulfide) groups is 1. The number of benzene rings is 2. The summed E-state index contributed by atoms with van der Waals surface area (Å²) in [6.07, 6.45) is -0.255. The molecule has 27 heavy (non-hydrogen) atoms. The molecule has 6 heteroatoms. The fourth-order valence-corrected chi connectivity index (χ4v) is 3.54. The lowest BCUT2D eigenvalue weighted by molar-refractivity contribution is 0.0501. The zero-order valence-corrected chi connectivity index (χ0v) is 16.2. The molecular weight excluding hydrogens is 367 g/mol. The van der Waals surface area contributed by atoms with Crippen LogP contribution in [0.5, 0.6) is 0 Å². The fourth-order valence-electron chi connectivity index (χ4n) is 2.42. The molecule has 0 aromatic heterocycles. The van der Waals surface area contributed by atoms with E-state index in [2.05, 4.69) is 0 Å². The number of hydrogen-bond acceptors (Lipinski definition) is 4. The zero-order chi connectivity index (χ0) is 19.8. The number of esters is 1. The molecule has 1 fully saturated rings. The average molecular weight is 390 g/mol. The molecule has 0 spiro atoms. The number of carbonyl (C=O) groups is 2. The monoisotopic (exact) mass is 390 g/mol. The zero-order valence-electron chi connectivity index (χ0n) is 15.4. The van der Waals surface area contributed by atoms with Gasteiger partial charge in [-0.05, 0) is 44.5 Å². The standard InChI is InChI=1S/C13H15FO2S.C8H8O2/c1-9-2-4-10(5-3-9)13(15)16-7-12-6-11(14)8-17-12;1-6-2-4-7(5-3-6)8(9)10/h2-5,11-12H,6-8H2,1H3;2-5H,1H3,(H,9,10). The van der Waals surface area contributed by atoms with Gasteiger partial charge in [0.25, 0.3) is 0 Å². The average Bonchev–Trinajstić information content (AvgIpc) is 3.06. The Labute approximate surface area is 162 Å². The summed E-state index contributed by atoms with van der Waals surface area (Å²) in [6.45, 7) is 4.19. The molecule has 2 aromatic carbocycles.